The molecule has 1 fully saturated rings. The predicted molar refractivity (Wildman–Crippen MR) is 69.1 cm³/mol. The van der Waals surface area contributed by atoms with E-state index >= 15 is 0 Å². The molecule has 0 spiro atoms. The standard InChI is InChI=1S/C6H6N2O2.C6H12O6.Zn/c9-6(10)2-1-5-3-7-4-8-5;7-1-2-3(8)4(9)5(10)6(11)12-2;/h1-4,9-10H;2-11H,1H2;/q;;+2/p-2/b5-1-;;/t;2-,3+,4+,5+,6?;/m.1./s1. The van der Waals surface area contributed by atoms with Crippen LogP contribution in [-0.2, 0) is 24.2 Å². The topological polar surface area (TPSA) is 181 Å². The van der Waals surface area contributed by atoms with Crippen LogP contribution in [0.15, 0.2) is 33.8 Å². The number of nitrogens with zero attached hydrogens (tertiary/aromatic N) is 2. The minimum Gasteiger partial charge on any atom is -0.884 e. The van der Waals surface area contributed by atoms with Gasteiger partial charge in [-0.3, -0.25) is 0 Å². The molecule has 2 heterocycles. The maximum absolute atomic E-state index is 9.85. The minimum atomic E-state index is -1.57. The monoisotopic (exact) mass is 380 g/mol. The molecule has 0 aromatic rings. The van der Waals surface area contributed by atoms with Crippen molar-refractivity contribution in [1.82, 2.24) is 0 Å². The molecule has 2 aliphatic heterocycles. The fourth-order valence-electron chi connectivity index (χ4n) is 1.56. The van der Waals surface area contributed by atoms with Crippen molar-refractivity contribution in [2.24, 2.45) is 9.98 Å². The van der Waals surface area contributed by atoms with Gasteiger partial charge in [0, 0.05) is 0 Å². The molecule has 124 valence electrons. The molecule has 0 aromatic carbocycles. The van der Waals surface area contributed by atoms with E-state index in [1.807, 2.05) is 0 Å². The minimum absolute atomic E-state index is 0. The van der Waals surface area contributed by atoms with Gasteiger partial charge in [0.2, 0.25) is 0 Å². The second kappa shape index (κ2) is 10.6. The largest absolute Gasteiger partial charge is 2.00 e. The Balaban J connectivity index is 0.000000409. The van der Waals surface area contributed by atoms with Gasteiger partial charge < -0.3 is 40.5 Å². The van der Waals surface area contributed by atoms with E-state index in [2.05, 4.69) is 14.7 Å². The van der Waals surface area contributed by atoms with Crippen molar-refractivity contribution in [3.8, 4) is 0 Å². The Bertz CT molecular complexity index is 459. The van der Waals surface area contributed by atoms with Crippen LogP contribution in [0.4, 0.5) is 0 Å². The summed E-state index contributed by atoms with van der Waals surface area (Å²) in [6.45, 7) is -0.526. The molecule has 0 aliphatic carbocycles. The number of ether oxygens (including phenoxy) is 1. The second-order valence-corrected chi connectivity index (χ2v) is 4.32. The Morgan fingerprint density at radius 3 is 2.30 bits per heavy atom. The van der Waals surface area contributed by atoms with Gasteiger partial charge in [0.25, 0.3) is 0 Å². The van der Waals surface area contributed by atoms with Gasteiger partial charge in [0.05, 0.1) is 18.5 Å². The molecule has 1 unspecified atom stereocenters. The molecule has 0 amide bonds. The van der Waals surface area contributed by atoms with Gasteiger partial charge >= 0.3 is 19.5 Å². The molecular formula is C12H16N2O8Zn. The van der Waals surface area contributed by atoms with Crippen molar-refractivity contribution in [1.29, 1.82) is 0 Å². The van der Waals surface area contributed by atoms with Crippen molar-refractivity contribution in [2.75, 3.05) is 6.61 Å². The predicted octanol–water partition coefficient (Wildman–Crippen LogP) is -4.68. The maximum Gasteiger partial charge on any atom is 2.00 e. The summed E-state index contributed by atoms with van der Waals surface area (Å²) >= 11 is 0. The summed E-state index contributed by atoms with van der Waals surface area (Å²) in [7, 11) is 0. The summed E-state index contributed by atoms with van der Waals surface area (Å²) in [4.78, 5) is 7.32. The quantitative estimate of drug-likeness (QED) is 0.233. The first-order valence-electron chi connectivity index (χ1n) is 6.17. The van der Waals surface area contributed by atoms with Crippen LogP contribution in [0.2, 0.25) is 0 Å². The number of hydrogen-bond acceptors (Lipinski definition) is 10. The molecule has 23 heavy (non-hydrogen) atoms. The van der Waals surface area contributed by atoms with E-state index in [1.165, 1.54) is 18.6 Å². The van der Waals surface area contributed by atoms with Gasteiger partial charge in [-0.05, 0) is 6.08 Å². The van der Waals surface area contributed by atoms with Crippen LogP contribution in [-0.4, -0.2) is 75.4 Å². The fourth-order valence-corrected chi connectivity index (χ4v) is 1.56. The van der Waals surface area contributed by atoms with Crippen molar-refractivity contribution < 1.29 is 60.0 Å². The third-order valence-electron chi connectivity index (χ3n) is 2.74. The molecule has 11 heteroatoms. The van der Waals surface area contributed by atoms with E-state index in [9.17, 15) is 10.2 Å². The van der Waals surface area contributed by atoms with Crippen molar-refractivity contribution in [3.63, 3.8) is 0 Å². The van der Waals surface area contributed by atoms with Gasteiger partial charge in [-0.1, -0.05) is 6.08 Å². The van der Waals surface area contributed by atoms with Crippen LogP contribution in [0.25, 0.3) is 0 Å². The molecule has 5 atom stereocenters. The van der Waals surface area contributed by atoms with Crippen LogP contribution < -0.4 is 10.2 Å². The van der Waals surface area contributed by atoms with Crippen molar-refractivity contribution >= 4 is 12.6 Å². The SMILES string of the molecule is OC[C@H]1OC(O)[C@@H](O)[C@@H](O)[C@H]1O.[O-]C([O-])=C/C=C1/C=NC=N1.[Zn+2]. The third kappa shape index (κ3) is 6.84. The zero-order valence-corrected chi connectivity index (χ0v) is 14.9. The smallest absolute Gasteiger partial charge is 0.884 e. The van der Waals surface area contributed by atoms with E-state index in [4.69, 9.17) is 25.5 Å². The summed E-state index contributed by atoms with van der Waals surface area (Å²) < 4.78 is 4.58. The maximum atomic E-state index is 9.85. The second-order valence-electron chi connectivity index (χ2n) is 4.32. The van der Waals surface area contributed by atoms with Crippen LogP contribution in [0, 0.1) is 0 Å². The summed E-state index contributed by atoms with van der Waals surface area (Å²) in [6.07, 6.45) is -2.01. The molecule has 0 bridgehead atoms. The molecule has 0 aromatic heterocycles. The fraction of sp³-hybridized carbons (Fsp3) is 0.500. The molecule has 2 rings (SSSR count). The van der Waals surface area contributed by atoms with E-state index < -0.39 is 43.3 Å². The Morgan fingerprint density at radius 1 is 1.17 bits per heavy atom. The van der Waals surface area contributed by atoms with Crippen molar-refractivity contribution in [3.05, 3.63) is 23.8 Å². The van der Waals surface area contributed by atoms with Crippen LogP contribution in [0.3, 0.4) is 0 Å². The Hall–Kier alpha value is -1.20. The summed E-state index contributed by atoms with van der Waals surface area (Å²) in [5.41, 5.74) is 0.518. The van der Waals surface area contributed by atoms with Crippen molar-refractivity contribution in [2.45, 2.75) is 30.7 Å². The first-order valence-corrected chi connectivity index (χ1v) is 6.17. The third-order valence-corrected chi connectivity index (χ3v) is 2.74. The first kappa shape index (κ1) is 21.8. The summed E-state index contributed by atoms with van der Waals surface area (Å²) in [5, 5.41) is 64.4. The number of rotatable bonds is 2. The van der Waals surface area contributed by atoms with Gasteiger partial charge in [0.15, 0.2) is 6.29 Å². The molecule has 5 N–H and O–H groups in total. The van der Waals surface area contributed by atoms with E-state index in [0.29, 0.717) is 5.70 Å². The average molecular weight is 382 g/mol. The van der Waals surface area contributed by atoms with Crippen LogP contribution >= 0.6 is 0 Å². The number of aliphatic hydroxyl groups excluding tert-OH is 5. The molecule has 0 saturated carbocycles. The zero-order chi connectivity index (χ0) is 16.7. The normalized spacial score (nSPS) is 33.6. The zero-order valence-electron chi connectivity index (χ0n) is 12.0. The number of hydrogen-bond donors (Lipinski definition) is 5. The van der Waals surface area contributed by atoms with Gasteiger partial charge in [-0.15, -0.1) is 0 Å². The van der Waals surface area contributed by atoms with Crippen LogP contribution in [0.1, 0.15) is 0 Å². The van der Waals surface area contributed by atoms with E-state index in [-0.39, 0.29) is 19.5 Å². The molecule has 10 nitrogen and oxygen atoms in total. The first-order chi connectivity index (χ1) is 10.4. The number of aliphatic imine (C=N–C) groups is 2. The molecular weight excluding hydrogens is 366 g/mol. The number of allylic oxidation sites excluding steroid dienone is 3. The summed E-state index contributed by atoms with van der Waals surface area (Å²) in [6, 6.07) is 0. The summed E-state index contributed by atoms with van der Waals surface area (Å²) in [5.74, 6) is -1.23. The van der Waals surface area contributed by atoms with Gasteiger partial charge in [0.1, 0.15) is 30.8 Å². The Labute approximate surface area is 144 Å². The molecule has 2 aliphatic rings. The van der Waals surface area contributed by atoms with E-state index in [1.54, 1.807) is 0 Å². The van der Waals surface area contributed by atoms with Gasteiger partial charge in [-0.2, -0.15) is 0 Å². The van der Waals surface area contributed by atoms with Gasteiger partial charge in [-0.25, -0.2) is 15.9 Å². The Morgan fingerprint density at radius 2 is 1.83 bits per heavy atom. The molecule has 1 saturated heterocycles. The average Bonchev–Trinajstić information content (AvgIpc) is 3.01. The van der Waals surface area contributed by atoms with E-state index in [0.717, 1.165) is 6.08 Å². The Kier molecular flexibility index (Phi) is 10.0. The molecule has 0 radical (unpaired) electrons. The number of aliphatic hydroxyl groups is 5. The van der Waals surface area contributed by atoms with Crippen LogP contribution in [0.5, 0.6) is 0 Å².